The first-order valence-electron chi connectivity index (χ1n) is 6.67. The number of carbonyl (C=O) groups excluding carboxylic acids is 2. The largest absolute Gasteiger partial charge is 0.363 e. The summed E-state index contributed by atoms with van der Waals surface area (Å²) in [5, 5.41) is 0.408. The fourth-order valence-corrected chi connectivity index (χ4v) is 2.55. The fraction of sp³-hybridized carbons (Fsp3) is 0.200. The van der Waals surface area contributed by atoms with Crippen molar-refractivity contribution in [1.29, 1.82) is 0 Å². The molecule has 7 heteroatoms. The van der Waals surface area contributed by atoms with Crippen molar-refractivity contribution in [2.75, 3.05) is 6.54 Å². The van der Waals surface area contributed by atoms with Crippen LogP contribution in [0.2, 0.25) is 5.02 Å². The maximum absolute atomic E-state index is 12.5. The van der Waals surface area contributed by atoms with E-state index in [0.717, 1.165) is 5.56 Å². The summed E-state index contributed by atoms with van der Waals surface area (Å²) < 4.78 is 0. The highest BCUT2D eigenvalue weighted by atomic mass is 35.5. The van der Waals surface area contributed by atoms with Crippen LogP contribution >= 0.6 is 11.6 Å². The van der Waals surface area contributed by atoms with Crippen LogP contribution in [0.1, 0.15) is 32.2 Å². The first-order chi connectivity index (χ1) is 10.6. The number of primary amides is 1. The Bertz CT molecular complexity index is 763. The lowest BCUT2D eigenvalue weighted by molar-refractivity contribution is 0.0731. The molecule has 1 aromatic carbocycles. The number of amides is 2. The van der Waals surface area contributed by atoms with Crippen molar-refractivity contribution in [2.24, 2.45) is 5.73 Å². The van der Waals surface area contributed by atoms with E-state index in [1.165, 1.54) is 0 Å². The Morgan fingerprint density at radius 1 is 1.32 bits per heavy atom. The van der Waals surface area contributed by atoms with Crippen LogP contribution < -0.4 is 5.73 Å². The third-order valence-electron chi connectivity index (χ3n) is 3.47. The molecule has 1 aliphatic heterocycles. The minimum Gasteiger partial charge on any atom is -0.363 e. The van der Waals surface area contributed by atoms with E-state index in [4.69, 9.17) is 17.3 Å². The van der Waals surface area contributed by atoms with E-state index in [-0.39, 0.29) is 18.3 Å². The molecule has 2 amide bonds. The van der Waals surface area contributed by atoms with Gasteiger partial charge in [-0.3, -0.25) is 9.59 Å². The lowest BCUT2D eigenvalue weighted by atomic mass is 10.1. The summed E-state index contributed by atoms with van der Waals surface area (Å²) >= 11 is 6.06. The van der Waals surface area contributed by atoms with Gasteiger partial charge in [0.05, 0.1) is 29.0 Å². The monoisotopic (exact) mass is 315 g/mol. The summed E-state index contributed by atoms with van der Waals surface area (Å²) in [4.78, 5) is 33.2. The van der Waals surface area contributed by atoms with Gasteiger partial charge in [-0.15, -0.1) is 0 Å². The Morgan fingerprint density at radius 3 is 2.82 bits per heavy atom. The Morgan fingerprint density at radius 2 is 2.09 bits per heavy atom. The van der Waals surface area contributed by atoms with Gasteiger partial charge in [0.25, 0.3) is 11.8 Å². The van der Waals surface area contributed by atoms with E-state index in [2.05, 4.69) is 16.2 Å². The van der Waals surface area contributed by atoms with Crippen LogP contribution in [-0.2, 0) is 13.0 Å². The predicted octanol–water partition coefficient (Wildman–Crippen LogP) is 1.23. The average molecular weight is 316 g/mol. The standard InChI is InChI=1S/C15H12ClN4O2/c16-11-4-2-1-3-10(11)15(22)20-6-5-9-7-18-14(13(17)21)19-12(9)8-20/h1-4H,5-6,8H2,(H2,17,21). The van der Waals surface area contributed by atoms with E-state index >= 15 is 0 Å². The highest BCUT2D eigenvalue weighted by molar-refractivity contribution is 6.33. The maximum atomic E-state index is 12.5. The number of hydrogen-bond donors (Lipinski definition) is 1. The zero-order valence-electron chi connectivity index (χ0n) is 11.5. The number of halogens is 1. The van der Waals surface area contributed by atoms with Crippen LogP contribution in [0.4, 0.5) is 0 Å². The van der Waals surface area contributed by atoms with Gasteiger partial charge >= 0.3 is 0 Å². The summed E-state index contributed by atoms with van der Waals surface area (Å²) in [7, 11) is 0. The third kappa shape index (κ3) is 2.65. The second kappa shape index (κ2) is 5.73. The van der Waals surface area contributed by atoms with E-state index in [0.29, 0.717) is 29.2 Å². The molecule has 0 spiro atoms. The summed E-state index contributed by atoms with van der Waals surface area (Å²) in [6.07, 6.45) is 3.35. The topological polar surface area (TPSA) is 89.2 Å². The van der Waals surface area contributed by atoms with Crippen LogP contribution in [0.15, 0.2) is 24.3 Å². The third-order valence-corrected chi connectivity index (χ3v) is 3.80. The number of benzene rings is 1. The second-order valence-corrected chi connectivity index (χ2v) is 5.31. The molecule has 2 heterocycles. The Labute approximate surface area is 131 Å². The van der Waals surface area contributed by atoms with Crippen molar-refractivity contribution < 1.29 is 9.59 Å². The van der Waals surface area contributed by atoms with E-state index in [9.17, 15) is 9.59 Å². The lowest BCUT2D eigenvalue weighted by Gasteiger charge is -2.28. The molecular weight excluding hydrogens is 304 g/mol. The van der Waals surface area contributed by atoms with Gasteiger partial charge in [0, 0.05) is 12.1 Å². The van der Waals surface area contributed by atoms with Crippen LogP contribution in [0.3, 0.4) is 0 Å². The molecule has 6 nitrogen and oxygen atoms in total. The molecule has 0 aliphatic carbocycles. The lowest BCUT2D eigenvalue weighted by Crippen LogP contribution is -2.37. The molecule has 2 N–H and O–H groups in total. The second-order valence-electron chi connectivity index (χ2n) is 4.91. The van der Waals surface area contributed by atoms with Gasteiger partial charge < -0.3 is 10.6 Å². The summed E-state index contributed by atoms with van der Waals surface area (Å²) in [5.41, 5.74) is 7.01. The number of nitrogens with two attached hydrogens (primary N) is 1. The van der Waals surface area contributed by atoms with E-state index in [1.54, 1.807) is 29.2 Å². The first-order valence-corrected chi connectivity index (χ1v) is 7.05. The molecule has 0 atom stereocenters. The minimum atomic E-state index is -0.714. The molecule has 22 heavy (non-hydrogen) atoms. The molecule has 111 valence electrons. The number of nitrogens with zero attached hydrogens (tertiary/aromatic N) is 3. The molecule has 1 aromatic heterocycles. The Hall–Kier alpha value is -2.47. The van der Waals surface area contributed by atoms with Crippen molar-refractivity contribution >= 4 is 23.4 Å². The molecule has 0 saturated heterocycles. The van der Waals surface area contributed by atoms with Crippen molar-refractivity contribution in [3.05, 3.63) is 58.1 Å². The molecule has 0 saturated carbocycles. The van der Waals surface area contributed by atoms with Crippen molar-refractivity contribution in [3.63, 3.8) is 0 Å². The highest BCUT2D eigenvalue weighted by Gasteiger charge is 2.25. The van der Waals surface area contributed by atoms with Crippen LogP contribution in [0, 0.1) is 6.20 Å². The zero-order valence-corrected chi connectivity index (χ0v) is 12.3. The minimum absolute atomic E-state index is 0.0919. The normalized spacial score (nSPS) is 13.6. The Kier molecular flexibility index (Phi) is 3.77. The van der Waals surface area contributed by atoms with Crippen molar-refractivity contribution in [1.82, 2.24) is 14.9 Å². The van der Waals surface area contributed by atoms with Gasteiger partial charge in [0.2, 0.25) is 5.82 Å². The molecule has 0 bridgehead atoms. The quantitative estimate of drug-likeness (QED) is 0.902. The zero-order chi connectivity index (χ0) is 15.7. The number of aromatic nitrogens is 2. The molecule has 3 rings (SSSR count). The number of rotatable bonds is 2. The summed E-state index contributed by atoms with van der Waals surface area (Å²) in [6, 6.07) is 6.89. The molecule has 0 unspecified atom stereocenters. The van der Waals surface area contributed by atoms with E-state index < -0.39 is 5.91 Å². The van der Waals surface area contributed by atoms with Gasteiger partial charge in [0.1, 0.15) is 0 Å². The summed E-state index contributed by atoms with van der Waals surface area (Å²) in [6.45, 7) is 0.797. The molecular formula is C15H12ClN4O2. The molecule has 1 aliphatic rings. The van der Waals surface area contributed by atoms with Gasteiger partial charge in [-0.25, -0.2) is 9.97 Å². The van der Waals surface area contributed by atoms with Crippen molar-refractivity contribution in [2.45, 2.75) is 13.0 Å². The molecule has 2 aromatic rings. The Balaban J connectivity index is 1.87. The molecule has 0 fully saturated rings. The van der Waals surface area contributed by atoms with Crippen molar-refractivity contribution in [3.8, 4) is 0 Å². The van der Waals surface area contributed by atoms with Crippen LogP contribution in [-0.4, -0.2) is 33.2 Å². The predicted molar refractivity (Wildman–Crippen MR) is 79.3 cm³/mol. The van der Waals surface area contributed by atoms with Gasteiger partial charge in [-0.1, -0.05) is 23.7 Å². The smallest absolute Gasteiger partial charge is 0.286 e. The van der Waals surface area contributed by atoms with Gasteiger partial charge in [-0.05, 0) is 18.6 Å². The average Bonchev–Trinajstić information content (AvgIpc) is 2.53. The van der Waals surface area contributed by atoms with Crippen LogP contribution in [0.5, 0.6) is 0 Å². The highest BCUT2D eigenvalue weighted by Crippen LogP contribution is 2.22. The number of hydrogen-bond acceptors (Lipinski definition) is 4. The SMILES string of the molecule is NC(=O)c1n[c]c2c(n1)CN(C(=O)c1ccccc1Cl)CC2. The van der Waals surface area contributed by atoms with E-state index in [1.807, 2.05) is 0 Å². The maximum Gasteiger partial charge on any atom is 0.286 e. The number of fused-ring (bicyclic) bond motifs is 1. The van der Waals surface area contributed by atoms with Gasteiger partial charge in [-0.2, -0.15) is 0 Å². The van der Waals surface area contributed by atoms with Gasteiger partial charge in [0.15, 0.2) is 0 Å². The number of carbonyl (C=O) groups is 2. The molecule has 1 radical (unpaired) electrons. The van der Waals surface area contributed by atoms with Crippen LogP contribution in [0.25, 0.3) is 0 Å². The first kappa shape index (κ1) is 14.5. The summed E-state index contributed by atoms with van der Waals surface area (Å²) in [5.74, 6) is -0.977. The fourth-order valence-electron chi connectivity index (χ4n) is 2.33.